The first kappa shape index (κ1) is 16.8. The van der Waals surface area contributed by atoms with Crippen LogP contribution in [-0.2, 0) is 17.8 Å². The Bertz CT molecular complexity index is 642. The molecule has 0 bridgehead atoms. The average molecular weight is 330 g/mol. The van der Waals surface area contributed by atoms with Gasteiger partial charge in [-0.1, -0.05) is 0 Å². The number of aryl methyl sites for hydroxylation is 1. The molecule has 3 rings (SSSR count). The van der Waals surface area contributed by atoms with E-state index in [4.69, 9.17) is 4.42 Å². The third-order valence-corrected chi connectivity index (χ3v) is 4.58. The lowest BCUT2D eigenvalue weighted by Gasteiger charge is -2.31. The molecule has 0 aromatic carbocycles. The predicted molar refractivity (Wildman–Crippen MR) is 91.3 cm³/mol. The van der Waals surface area contributed by atoms with Crippen molar-refractivity contribution in [3.05, 3.63) is 41.6 Å². The molecule has 1 aliphatic rings. The highest BCUT2D eigenvalue weighted by molar-refractivity contribution is 5.79. The zero-order chi connectivity index (χ0) is 16.9. The SMILES string of the molecule is Cc1cc(CC(C)NC(=O)C2CCN(Cc3ccco3)CC2)n[nH]1. The van der Waals surface area contributed by atoms with Crippen LogP contribution in [0.3, 0.4) is 0 Å². The van der Waals surface area contributed by atoms with Gasteiger partial charge in [0.25, 0.3) is 0 Å². The van der Waals surface area contributed by atoms with Crippen LogP contribution in [0, 0.1) is 12.8 Å². The highest BCUT2D eigenvalue weighted by Crippen LogP contribution is 2.19. The number of aromatic nitrogens is 2. The fraction of sp³-hybridized carbons (Fsp3) is 0.556. The molecule has 0 aliphatic carbocycles. The number of aromatic amines is 1. The third-order valence-electron chi connectivity index (χ3n) is 4.58. The Labute approximate surface area is 142 Å². The topological polar surface area (TPSA) is 74.2 Å². The highest BCUT2D eigenvalue weighted by Gasteiger charge is 2.26. The molecule has 2 aromatic rings. The monoisotopic (exact) mass is 330 g/mol. The summed E-state index contributed by atoms with van der Waals surface area (Å²) in [7, 11) is 0. The summed E-state index contributed by atoms with van der Waals surface area (Å²) in [6.07, 6.45) is 4.27. The van der Waals surface area contributed by atoms with E-state index in [1.165, 1.54) is 0 Å². The maximum Gasteiger partial charge on any atom is 0.223 e. The van der Waals surface area contributed by atoms with Crippen molar-refractivity contribution < 1.29 is 9.21 Å². The van der Waals surface area contributed by atoms with Gasteiger partial charge in [-0.25, -0.2) is 0 Å². The van der Waals surface area contributed by atoms with Crippen LogP contribution in [0.5, 0.6) is 0 Å². The van der Waals surface area contributed by atoms with Gasteiger partial charge in [-0.05, 0) is 58.0 Å². The first-order valence-electron chi connectivity index (χ1n) is 8.66. The number of nitrogens with zero attached hydrogens (tertiary/aromatic N) is 2. The van der Waals surface area contributed by atoms with Gasteiger partial charge in [-0.2, -0.15) is 5.10 Å². The van der Waals surface area contributed by atoms with Crippen LogP contribution in [0.2, 0.25) is 0 Å². The summed E-state index contributed by atoms with van der Waals surface area (Å²) in [5.41, 5.74) is 2.04. The number of likely N-dealkylation sites (tertiary alicyclic amines) is 1. The minimum atomic E-state index is 0.0985. The van der Waals surface area contributed by atoms with Crippen molar-refractivity contribution in [3.63, 3.8) is 0 Å². The number of amides is 1. The predicted octanol–water partition coefficient (Wildman–Crippen LogP) is 2.27. The lowest BCUT2D eigenvalue weighted by molar-refractivity contribution is -0.127. The van der Waals surface area contributed by atoms with Crippen LogP contribution in [0.4, 0.5) is 0 Å². The number of nitrogens with one attached hydrogen (secondary N) is 2. The van der Waals surface area contributed by atoms with Crippen LogP contribution < -0.4 is 5.32 Å². The van der Waals surface area contributed by atoms with Crippen LogP contribution in [-0.4, -0.2) is 40.1 Å². The molecule has 24 heavy (non-hydrogen) atoms. The van der Waals surface area contributed by atoms with Crippen molar-refractivity contribution in [2.45, 2.75) is 45.7 Å². The molecule has 1 aliphatic heterocycles. The van der Waals surface area contributed by atoms with Crippen LogP contribution in [0.25, 0.3) is 0 Å². The normalized spacial score (nSPS) is 17.8. The maximum atomic E-state index is 12.5. The molecular weight excluding hydrogens is 304 g/mol. The lowest BCUT2D eigenvalue weighted by Crippen LogP contribution is -2.43. The van der Waals surface area contributed by atoms with E-state index in [0.29, 0.717) is 0 Å². The maximum absolute atomic E-state index is 12.5. The second kappa shape index (κ2) is 7.66. The van der Waals surface area contributed by atoms with E-state index in [9.17, 15) is 4.79 Å². The molecule has 0 radical (unpaired) electrons. The Morgan fingerprint density at radius 1 is 1.50 bits per heavy atom. The van der Waals surface area contributed by atoms with E-state index in [1.807, 2.05) is 32.0 Å². The first-order chi connectivity index (χ1) is 11.6. The standard InChI is InChI=1S/C18H26N4O2/c1-13(10-16-11-14(2)20-21-16)19-18(23)15-5-7-22(8-6-15)12-17-4-3-9-24-17/h3-4,9,11,13,15H,5-8,10,12H2,1-2H3,(H,19,23)(H,20,21). The molecular formula is C18H26N4O2. The minimum Gasteiger partial charge on any atom is -0.468 e. The second-order valence-corrected chi connectivity index (χ2v) is 6.79. The number of hydrogen-bond donors (Lipinski definition) is 2. The Hall–Kier alpha value is -2.08. The average Bonchev–Trinajstić information content (AvgIpc) is 3.20. The van der Waals surface area contributed by atoms with Crippen LogP contribution in [0.15, 0.2) is 28.9 Å². The summed E-state index contributed by atoms with van der Waals surface area (Å²) in [6, 6.07) is 6.03. The smallest absolute Gasteiger partial charge is 0.223 e. The Morgan fingerprint density at radius 2 is 2.29 bits per heavy atom. The van der Waals surface area contributed by atoms with Crippen molar-refractivity contribution in [2.75, 3.05) is 13.1 Å². The van der Waals surface area contributed by atoms with Crippen molar-refractivity contribution >= 4 is 5.91 Å². The number of H-pyrrole nitrogens is 1. The molecule has 1 saturated heterocycles. The number of carbonyl (C=O) groups excluding carboxylic acids is 1. The molecule has 3 heterocycles. The van der Waals surface area contributed by atoms with Gasteiger partial charge in [-0.3, -0.25) is 14.8 Å². The molecule has 2 N–H and O–H groups in total. The summed E-state index contributed by atoms with van der Waals surface area (Å²) in [5, 5.41) is 10.3. The summed E-state index contributed by atoms with van der Waals surface area (Å²) < 4.78 is 5.39. The molecule has 130 valence electrons. The molecule has 6 nitrogen and oxygen atoms in total. The molecule has 1 amide bonds. The van der Waals surface area contributed by atoms with E-state index >= 15 is 0 Å². The minimum absolute atomic E-state index is 0.0985. The van der Waals surface area contributed by atoms with Gasteiger partial charge in [0.05, 0.1) is 18.5 Å². The summed E-state index contributed by atoms with van der Waals surface area (Å²) >= 11 is 0. The van der Waals surface area contributed by atoms with Gasteiger partial charge in [0.2, 0.25) is 5.91 Å². The van der Waals surface area contributed by atoms with Gasteiger partial charge in [-0.15, -0.1) is 0 Å². The number of rotatable bonds is 6. The van der Waals surface area contributed by atoms with Crippen LogP contribution >= 0.6 is 0 Å². The molecule has 1 atom stereocenters. The fourth-order valence-corrected chi connectivity index (χ4v) is 3.28. The molecule has 1 fully saturated rings. The zero-order valence-corrected chi connectivity index (χ0v) is 14.4. The Kier molecular flexibility index (Phi) is 5.35. The summed E-state index contributed by atoms with van der Waals surface area (Å²) in [5.74, 6) is 1.27. The largest absolute Gasteiger partial charge is 0.468 e. The first-order valence-corrected chi connectivity index (χ1v) is 8.66. The van der Waals surface area contributed by atoms with E-state index < -0.39 is 0 Å². The number of hydrogen-bond acceptors (Lipinski definition) is 4. The van der Waals surface area contributed by atoms with E-state index in [1.54, 1.807) is 6.26 Å². The van der Waals surface area contributed by atoms with E-state index in [0.717, 1.165) is 56.0 Å². The summed E-state index contributed by atoms with van der Waals surface area (Å²) in [6.45, 7) is 6.72. The third kappa shape index (κ3) is 4.47. The van der Waals surface area contributed by atoms with Gasteiger partial charge < -0.3 is 9.73 Å². The molecule has 1 unspecified atom stereocenters. The van der Waals surface area contributed by atoms with Gasteiger partial charge >= 0.3 is 0 Å². The van der Waals surface area contributed by atoms with E-state index in [2.05, 4.69) is 20.4 Å². The van der Waals surface area contributed by atoms with Gasteiger partial charge in [0, 0.05) is 24.1 Å². The number of furan rings is 1. The van der Waals surface area contributed by atoms with Crippen molar-refractivity contribution in [2.24, 2.45) is 5.92 Å². The molecule has 0 saturated carbocycles. The van der Waals surface area contributed by atoms with Gasteiger partial charge in [0.1, 0.15) is 5.76 Å². The Morgan fingerprint density at radius 3 is 2.92 bits per heavy atom. The van der Waals surface area contributed by atoms with Crippen molar-refractivity contribution in [3.8, 4) is 0 Å². The zero-order valence-electron chi connectivity index (χ0n) is 14.4. The fourth-order valence-electron chi connectivity index (χ4n) is 3.28. The number of carbonyl (C=O) groups is 1. The Balaban J connectivity index is 1.41. The second-order valence-electron chi connectivity index (χ2n) is 6.79. The highest BCUT2D eigenvalue weighted by atomic mass is 16.3. The lowest BCUT2D eigenvalue weighted by atomic mass is 9.95. The van der Waals surface area contributed by atoms with E-state index in [-0.39, 0.29) is 17.9 Å². The molecule has 0 spiro atoms. The van der Waals surface area contributed by atoms with Crippen molar-refractivity contribution in [1.82, 2.24) is 20.4 Å². The van der Waals surface area contributed by atoms with Crippen molar-refractivity contribution in [1.29, 1.82) is 0 Å². The molecule has 6 heteroatoms. The molecule has 2 aromatic heterocycles. The van der Waals surface area contributed by atoms with Crippen LogP contribution in [0.1, 0.15) is 36.9 Å². The quantitative estimate of drug-likeness (QED) is 0.852. The number of piperidine rings is 1. The van der Waals surface area contributed by atoms with Gasteiger partial charge in [0.15, 0.2) is 0 Å². The summed E-state index contributed by atoms with van der Waals surface area (Å²) in [4.78, 5) is 14.8.